The fraction of sp³-hybridized carbons (Fsp3) is 0.318. The zero-order chi connectivity index (χ0) is 24.8. The molecular formula is C22H17F3N6O2S2. The van der Waals surface area contributed by atoms with Gasteiger partial charge in [0.1, 0.15) is 9.40 Å². The van der Waals surface area contributed by atoms with E-state index in [1.54, 1.807) is 0 Å². The highest BCUT2D eigenvalue weighted by Gasteiger charge is 2.49. The summed E-state index contributed by atoms with van der Waals surface area (Å²) >= 11 is 2.73. The van der Waals surface area contributed by atoms with Gasteiger partial charge in [0.25, 0.3) is 5.56 Å². The van der Waals surface area contributed by atoms with Gasteiger partial charge in [0.05, 0.1) is 29.3 Å². The van der Waals surface area contributed by atoms with Crippen molar-refractivity contribution in [3.63, 3.8) is 0 Å². The molecule has 3 heterocycles. The van der Waals surface area contributed by atoms with Gasteiger partial charge in [0.15, 0.2) is 11.6 Å². The van der Waals surface area contributed by atoms with Crippen molar-refractivity contribution in [1.29, 1.82) is 5.26 Å². The highest BCUT2D eigenvalue weighted by Crippen LogP contribution is 2.56. The van der Waals surface area contributed by atoms with Gasteiger partial charge in [-0.15, -0.1) is 10.2 Å². The second-order valence-electron chi connectivity index (χ2n) is 8.24. The second kappa shape index (κ2) is 8.76. The number of hydrogen-bond donors (Lipinski definition) is 1. The molecule has 3 aromatic rings. The lowest BCUT2D eigenvalue weighted by molar-refractivity contribution is -0.137. The maximum atomic E-state index is 13.0. The first-order valence-electron chi connectivity index (χ1n) is 10.4. The summed E-state index contributed by atoms with van der Waals surface area (Å²) in [6.45, 7) is 0.338. The number of aromatic nitrogens is 3. The maximum absolute atomic E-state index is 13.0. The predicted molar refractivity (Wildman–Crippen MR) is 125 cm³/mol. The van der Waals surface area contributed by atoms with Gasteiger partial charge < -0.3 is 9.42 Å². The van der Waals surface area contributed by atoms with Crippen molar-refractivity contribution in [2.75, 3.05) is 11.9 Å². The second-order valence-corrected chi connectivity index (χ2v) is 10.4. The van der Waals surface area contributed by atoms with E-state index in [4.69, 9.17) is 9.52 Å². The third-order valence-electron chi connectivity index (χ3n) is 5.73. The Labute approximate surface area is 205 Å². The van der Waals surface area contributed by atoms with Crippen LogP contribution in [0.1, 0.15) is 40.9 Å². The number of thioether (sulfide) groups is 2. The molecule has 0 radical (unpaired) electrons. The molecule has 1 N–H and O–H groups in total. The monoisotopic (exact) mass is 518 g/mol. The van der Waals surface area contributed by atoms with Crippen molar-refractivity contribution < 1.29 is 17.7 Å². The van der Waals surface area contributed by atoms with E-state index in [2.05, 4.69) is 15.4 Å². The standard InChI is InChI=1S/C22H17F3N6O2S2/c1-31(10-15-7-18(32)30-33-15)17-8-16-19(29-28-17)35-20(27-21(16)4-5-21)34-11-12-2-3-14(22(23,24)25)6-13(12)9-26/h2-3,6-8H,4-5,10-11H2,1H3,(H,30,32). The van der Waals surface area contributed by atoms with Crippen molar-refractivity contribution in [3.05, 3.63) is 68.7 Å². The largest absolute Gasteiger partial charge is 0.416 e. The molecule has 13 heteroatoms. The highest BCUT2D eigenvalue weighted by atomic mass is 32.2. The number of aromatic amines is 1. The van der Waals surface area contributed by atoms with Crippen molar-refractivity contribution in [2.45, 2.75) is 41.9 Å². The van der Waals surface area contributed by atoms with Gasteiger partial charge in [-0.1, -0.05) is 17.8 Å². The number of nitrogens with one attached hydrogen (secondary N) is 1. The predicted octanol–water partition coefficient (Wildman–Crippen LogP) is 4.67. The van der Waals surface area contributed by atoms with E-state index < -0.39 is 11.7 Å². The van der Waals surface area contributed by atoms with E-state index in [1.807, 2.05) is 24.1 Å². The summed E-state index contributed by atoms with van der Waals surface area (Å²) in [5.41, 5.74) is -0.0345. The zero-order valence-corrected chi connectivity index (χ0v) is 19.9. The molecule has 0 amide bonds. The van der Waals surface area contributed by atoms with Crippen molar-refractivity contribution in [1.82, 2.24) is 15.4 Å². The van der Waals surface area contributed by atoms with Crippen molar-refractivity contribution in [3.8, 4) is 6.07 Å². The van der Waals surface area contributed by atoms with Crippen molar-refractivity contribution >= 4 is 33.7 Å². The molecule has 2 aromatic heterocycles. The minimum atomic E-state index is -4.50. The Hall–Kier alpha value is -3.24. The lowest BCUT2D eigenvalue weighted by atomic mass is 10.1. The average molecular weight is 519 g/mol. The maximum Gasteiger partial charge on any atom is 0.416 e. The molecule has 2 aliphatic rings. The third-order valence-corrected chi connectivity index (χ3v) is 7.89. The Balaban J connectivity index is 1.32. The van der Waals surface area contributed by atoms with Crippen LogP contribution in [-0.4, -0.2) is 26.8 Å². The van der Waals surface area contributed by atoms with Crippen LogP contribution in [-0.2, 0) is 24.0 Å². The Bertz CT molecular complexity index is 1420. The number of halogens is 3. The molecule has 1 spiro atoms. The summed E-state index contributed by atoms with van der Waals surface area (Å²) in [7, 11) is 1.82. The number of nitrogens with zero attached hydrogens (tertiary/aromatic N) is 5. The molecule has 35 heavy (non-hydrogen) atoms. The Kier molecular flexibility index (Phi) is 5.88. The van der Waals surface area contributed by atoms with Crippen LogP contribution in [0.5, 0.6) is 0 Å². The van der Waals surface area contributed by atoms with E-state index in [9.17, 15) is 23.2 Å². The number of nitriles is 1. The highest BCUT2D eigenvalue weighted by molar-refractivity contribution is 8.38. The van der Waals surface area contributed by atoms with Crippen molar-refractivity contribution in [2.24, 2.45) is 4.99 Å². The normalized spacial score (nSPS) is 15.9. The molecular weight excluding hydrogens is 501 g/mol. The molecule has 1 aliphatic heterocycles. The number of H-pyrrole nitrogens is 1. The van der Waals surface area contributed by atoms with Crippen LogP contribution in [0.25, 0.3) is 0 Å². The molecule has 1 aromatic carbocycles. The van der Waals surface area contributed by atoms with Gasteiger partial charge in [0, 0.05) is 24.4 Å². The van der Waals surface area contributed by atoms with Gasteiger partial charge in [-0.3, -0.25) is 9.79 Å². The molecule has 180 valence electrons. The Morgan fingerprint density at radius 3 is 2.74 bits per heavy atom. The fourth-order valence-electron chi connectivity index (χ4n) is 3.70. The third kappa shape index (κ3) is 4.81. The first kappa shape index (κ1) is 23.5. The first-order chi connectivity index (χ1) is 16.7. The molecule has 8 nitrogen and oxygen atoms in total. The summed E-state index contributed by atoms with van der Waals surface area (Å²) < 4.78 is 44.7. The molecule has 0 bridgehead atoms. The summed E-state index contributed by atoms with van der Waals surface area (Å²) in [5.74, 6) is 1.41. The van der Waals surface area contributed by atoms with Gasteiger partial charge >= 0.3 is 6.18 Å². The summed E-state index contributed by atoms with van der Waals surface area (Å²) in [6.07, 6.45) is -2.78. The van der Waals surface area contributed by atoms with E-state index >= 15 is 0 Å². The Morgan fingerprint density at radius 1 is 1.29 bits per heavy atom. The zero-order valence-electron chi connectivity index (χ0n) is 18.2. The summed E-state index contributed by atoms with van der Waals surface area (Å²) in [6, 6.07) is 8.40. The van der Waals surface area contributed by atoms with Crippen LogP contribution in [0, 0.1) is 11.3 Å². The molecule has 0 unspecified atom stereocenters. The van der Waals surface area contributed by atoms with E-state index in [-0.39, 0.29) is 16.7 Å². The van der Waals surface area contributed by atoms with Crippen LogP contribution >= 0.6 is 23.5 Å². The van der Waals surface area contributed by atoms with Crippen LogP contribution in [0.2, 0.25) is 0 Å². The fourth-order valence-corrected chi connectivity index (χ4v) is 5.95. The van der Waals surface area contributed by atoms with E-state index in [0.29, 0.717) is 29.4 Å². The van der Waals surface area contributed by atoms with Gasteiger partial charge in [-0.25, -0.2) is 0 Å². The quantitative estimate of drug-likeness (QED) is 0.519. The number of alkyl halides is 3. The van der Waals surface area contributed by atoms with Gasteiger partial charge in [-0.05, 0) is 48.4 Å². The van der Waals surface area contributed by atoms with Crippen LogP contribution < -0.4 is 10.5 Å². The van der Waals surface area contributed by atoms with Crippen LogP contribution in [0.15, 0.2) is 49.7 Å². The number of rotatable bonds is 5. The number of benzene rings is 1. The molecule has 0 saturated heterocycles. The van der Waals surface area contributed by atoms with E-state index in [0.717, 1.165) is 39.9 Å². The minimum Gasteiger partial charge on any atom is -0.382 e. The number of hydrogen-bond acceptors (Lipinski definition) is 9. The Morgan fingerprint density at radius 2 is 2.09 bits per heavy atom. The van der Waals surface area contributed by atoms with Gasteiger partial charge in [-0.2, -0.15) is 23.6 Å². The lowest BCUT2D eigenvalue weighted by Crippen LogP contribution is -2.21. The van der Waals surface area contributed by atoms with E-state index in [1.165, 1.54) is 35.7 Å². The molecule has 5 rings (SSSR count). The molecule has 0 atom stereocenters. The first-order valence-corrected chi connectivity index (χ1v) is 12.2. The summed E-state index contributed by atoms with van der Waals surface area (Å²) in [5, 5.41) is 21.0. The molecule has 1 fully saturated rings. The molecule has 1 aliphatic carbocycles. The smallest absolute Gasteiger partial charge is 0.382 e. The minimum absolute atomic E-state index is 0.000924. The topological polar surface area (TPSA) is 111 Å². The number of anilines is 1. The van der Waals surface area contributed by atoms with Crippen LogP contribution in [0.3, 0.4) is 0 Å². The number of aliphatic imine (C=N–C) groups is 1. The molecule has 1 saturated carbocycles. The summed E-state index contributed by atoms with van der Waals surface area (Å²) in [4.78, 5) is 18.0. The van der Waals surface area contributed by atoms with Crippen LogP contribution in [0.4, 0.5) is 19.0 Å². The lowest BCUT2D eigenvalue weighted by Gasteiger charge is -2.24. The number of fused-ring (bicyclic) bond motifs is 2. The average Bonchev–Trinajstić information content (AvgIpc) is 3.47. The SMILES string of the molecule is CN(Cc1cc(=O)[nH]o1)c1cc2c(nn1)SC(SCc1ccc(C(F)(F)F)cc1C#N)=NC21CC1. The van der Waals surface area contributed by atoms with Gasteiger partial charge in [0.2, 0.25) is 0 Å².